The zero-order chi connectivity index (χ0) is 19.7. The second-order valence-electron chi connectivity index (χ2n) is 7.60. The lowest BCUT2D eigenvalue weighted by Crippen LogP contribution is -2.38. The molecule has 27 heavy (non-hydrogen) atoms. The molecule has 6 heteroatoms. The van der Waals surface area contributed by atoms with Crippen LogP contribution in [0, 0.1) is 0 Å². The molecule has 0 aliphatic rings. The molecule has 0 aliphatic heterocycles. The highest BCUT2D eigenvalue weighted by Gasteiger charge is 2.18. The molecule has 0 saturated carbocycles. The van der Waals surface area contributed by atoms with Gasteiger partial charge in [-0.25, -0.2) is 9.98 Å². The Balaban J connectivity index is 1.80. The fourth-order valence-electron chi connectivity index (χ4n) is 2.55. The molecule has 0 radical (unpaired) electrons. The minimum Gasteiger partial charge on any atom is -0.443 e. The van der Waals surface area contributed by atoms with Gasteiger partial charge < -0.3 is 20.0 Å². The van der Waals surface area contributed by atoms with Gasteiger partial charge in [-0.15, -0.1) is 0 Å². The Bertz CT molecular complexity index is 703. The number of benzene rings is 1. The molecule has 0 aliphatic carbocycles. The van der Waals surface area contributed by atoms with E-state index in [9.17, 15) is 0 Å². The van der Waals surface area contributed by atoms with Crippen LogP contribution in [0.15, 0.2) is 45.9 Å². The van der Waals surface area contributed by atoms with E-state index in [2.05, 4.69) is 84.5 Å². The largest absolute Gasteiger partial charge is 0.443 e. The Hall–Kier alpha value is -2.50. The van der Waals surface area contributed by atoms with Crippen molar-refractivity contribution in [2.75, 3.05) is 31.6 Å². The van der Waals surface area contributed by atoms with E-state index in [0.29, 0.717) is 12.4 Å². The summed E-state index contributed by atoms with van der Waals surface area (Å²) in [6.07, 6.45) is 2.81. The number of nitrogens with one attached hydrogen (secondary N) is 2. The van der Waals surface area contributed by atoms with Crippen molar-refractivity contribution in [3.05, 3.63) is 48.2 Å². The van der Waals surface area contributed by atoms with Crippen LogP contribution in [0.2, 0.25) is 0 Å². The normalized spacial score (nSPS) is 12.1. The predicted molar refractivity (Wildman–Crippen MR) is 112 cm³/mol. The van der Waals surface area contributed by atoms with E-state index >= 15 is 0 Å². The zero-order valence-corrected chi connectivity index (χ0v) is 17.2. The minimum atomic E-state index is -0.0392. The van der Waals surface area contributed by atoms with Crippen LogP contribution in [0.1, 0.15) is 45.8 Å². The van der Waals surface area contributed by atoms with Crippen molar-refractivity contribution < 1.29 is 4.42 Å². The molecule has 0 bridgehead atoms. The number of aromatic nitrogens is 1. The van der Waals surface area contributed by atoms with Gasteiger partial charge >= 0.3 is 0 Å². The summed E-state index contributed by atoms with van der Waals surface area (Å²) in [7, 11) is 2.12. The number of aliphatic imine (C=N–C) groups is 1. The van der Waals surface area contributed by atoms with Gasteiger partial charge in [-0.1, -0.05) is 39.0 Å². The number of rotatable bonds is 8. The molecule has 0 saturated heterocycles. The van der Waals surface area contributed by atoms with Gasteiger partial charge in [-0.05, 0) is 25.5 Å². The molecule has 1 heterocycles. The second kappa shape index (κ2) is 10.00. The third-order valence-corrected chi connectivity index (χ3v) is 4.17. The van der Waals surface area contributed by atoms with Crippen molar-refractivity contribution in [3.8, 4) is 0 Å². The molecule has 0 unspecified atom stereocenters. The number of para-hydroxylation sites is 1. The lowest BCUT2D eigenvalue weighted by atomic mass is 9.94. The van der Waals surface area contributed by atoms with E-state index in [1.165, 1.54) is 5.69 Å². The summed E-state index contributed by atoms with van der Waals surface area (Å²) in [5.74, 6) is 2.31. The number of hydrogen-bond donors (Lipinski definition) is 2. The number of hydrogen-bond acceptors (Lipinski definition) is 4. The highest BCUT2D eigenvalue weighted by atomic mass is 16.4. The van der Waals surface area contributed by atoms with Gasteiger partial charge in [-0.2, -0.15) is 0 Å². The van der Waals surface area contributed by atoms with Crippen LogP contribution in [-0.2, 0) is 12.0 Å². The van der Waals surface area contributed by atoms with Crippen molar-refractivity contribution in [2.24, 2.45) is 4.99 Å². The molecule has 2 aromatic rings. The van der Waals surface area contributed by atoms with E-state index in [0.717, 1.165) is 37.8 Å². The van der Waals surface area contributed by atoms with Crippen molar-refractivity contribution in [1.82, 2.24) is 15.6 Å². The lowest BCUT2D eigenvalue weighted by molar-refractivity contribution is 0.383. The molecule has 0 spiro atoms. The van der Waals surface area contributed by atoms with Gasteiger partial charge in [0.25, 0.3) is 0 Å². The molecule has 0 atom stereocenters. The van der Waals surface area contributed by atoms with Crippen LogP contribution < -0.4 is 15.5 Å². The van der Waals surface area contributed by atoms with Crippen molar-refractivity contribution in [3.63, 3.8) is 0 Å². The smallest absolute Gasteiger partial charge is 0.216 e. The van der Waals surface area contributed by atoms with Crippen molar-refractivity contribution >= 4 is 11.6 Å². The van der Waals surface area contributed by atoms with E-state index in [1.807, 2.05) is 6.07 Å². The number of anilines is 1. The SMILES string of the molecule is CCNC(=NCc1ncc(C(C)(C)C)o1)NCCCN(C)c1ccccc1. The van der Waals surface area contributed by atoms with Crippen molar-refractivity contribution in [2.45, 2.75) is 46.1 Å². The minimum absolute atomic E-state index is 0.0392. The van der Waals surface area contributed by atoms with Crippen LogP contribution in [0.3, 0.4) is 0 Å². The van der Waals surface area contributed by atoms with E-state index in [4.69, 9.17) is 4.42 Å². The predicted octanol–water partition coefficient (Wildman–Crippen LogP) is 3.55. The Kier molecular flexibility index (Phi) is 7.70. The van der Waals surface area contributed by atoms with Gasteiger partial charge in [0, 0.05) is 37.8 Å². The van der Waals surface area contributed by atoms with Crippen LogP contribution in [0.25, 0.3) is 0 Å². The molecule has 0 amide bonds. The highest BCUT2D eigenvalue weighted by molar-refractivity contribution is 5.79. The summed E-state index contributed by atoms with van der Waals surface area (Å²) in [6, 6.07) is 10.4. The van der Waals surface area contributed by atoms with Crippen LogP contribution in [0.5, 0.6) is 0 Å². The highest BCUT2D eigenvalue weighted by Crippen LogP contribution is 2.22. The summed E-state index contributed by atoms with van der Waals surface area (Å²) in [5.41, 5.74) is 1.19. The van der Waals surface area contributed by atoms with Crippen LogP contribution in [-0.4, -0.2) is 37.6 Å². The second-order valence-corrected chi connectivity index (χ2v) is 7.60. The monoisotopic (exact) mass is 371 g/mol. The Morgan fingerprint density at radius 2 is 1.93 bits per heavy atom. The standard InChI is InChI=1S/C21H33N5O/c1-6-22-20(25-16-19-24-15-18(27-19)21(2,3)4)23-13-10-14-26(5)17-11-8-7-9-12-17/h7-9,11-12,15H,6,10,13-14,16H2,1-5H3,(H2,22,23,25). The first kappa shape index (κ1) is 20.8. The molecule has 1 aromatic heterocycles. The molecule has 2 rings (SSSR count). The maximum Gasteiger partial charge on any atom is 0.216 e. The summed E-state index contributed by atoms with van der Waals surface area (Å²) in [6.45, 7) is 11.5. The molecule has 0 fully saturated rings. The molecule has 1 aromatic carbocycles. The number of nitrogens with zero attached hydrogens (tertiary/aromatic N) is 3. The molecule has 148 valence electrons. The molecule has 6 nitrogen and oxygen atoms in total. The summed E-state index contributed by atoms with van der Waals surface area (Å²) >= 11 is 0. The van der Waals surface area contributed by atoms with Crippen molar-refractivity contribution in [1.29, 1.82) is 0 Å². The first-order chi connectivity index (χ1) is 12.9. The molecular formula is C21H33N5O. The average molecular weight is 372 g/mol. The van der Waals surface area contributed by atoms with Gasteiger partial charge in [0.05, 0.1) is 6.20 Å². The Morgan fingerprint density at radius 3 is 2.56 bits per heavy atom. The molecule has 2 N–H and O–H groups in total. The van der Waals surface area contributed by atoms with Gasteiger partial charge in [0.1, 0.15) is 12.3 Å². The quantitative estimate of drug-likeness (QED) is 0.422. The Labute approximate surface area is 163 Å². The Morgan fingerprint density at radius 1 is 1.19 bits per heavy atom. The van der Waals surface area contributed by atoms with Crippen LogP contribution in [0.4, 0.5) is 5.69 Å². The van der Waals surface area contributed by atoms with Gasteiger partial charge in [-0.3, -0.25) is 0 Å². The van der Waals surface area contributed by atoms with Crippen LogP contribution >= 0.6 is 0 Å². The average Bonchev–Trinajstić information content (AvgIpc) is 3.13. The fraction of sp³-hybridized carbons (Fsp3) is 0.524. The van der Waals surface area contributed by atoms with E-state index < -0.39 is 0 Å². The maximum atomic E-state index is 5.80. The summed E-state index contributed by atoms with van der Waals surface area (Å²) in [4.78, 5) is 11.2. The van der Waals surface area contributed by atoms with E-state index in [1.54, 1.807) is 6.20 Å². The number of guanidine groups is 1. The summed E-state index contributed by atoms with van der Waals surface area (Å²) < 4.78 is 5.80. The molecular weight excluding hydrogens is 338 g/mol. The van der Waals surface area contributed by atoms with Gasteiger partial charge in [0.15, 0.2) is 5.96 Å². The fourth-order valence-corrected chi connectivity index (χ4v) is 2.55. The van der Waals surface area contributed by atoms with Gasteiger partial charge in [0.2, 0.25) is 5.89 Å². The first-order valence-electron chi connectivity index (χ1n) is 9.63. The maximum absolute atomic E-state index is 5.80. The third-order valence-electron chi connectivity index (χ3n) is 4.17. The van der Waals surface area contributed by atoms with E-state index in [-0.39, 0.29) is 5.41 Å². The lowest BCUT2D eigenvalue weighted by Gasteiger charge is -2.19. The first-order valence-corrected chi connectivity index (χ1v) is 9.63. The topological polar surface area (TPSA) is 65.7 Å². The summed E-state index contributed by atoms with van der Waals surface area (Å²) in [5, 5.41) is 6.64. The third kappa shape index (κ3) is 6.96. The zero-order valence-electron chi connectivity index (χ0n) is 17.2. The number of oxazole rings is 1.